The summed E-state index contributed by atoms with van der Waals surface area (Å²) in [6, 6.07) is 9.41. The average Bonchev–Trinajstić information content (AvgIpc) is 3.02. The molecule has 1 amide bonds. The molecule has 0 saturated heterocycles. The first-order chi connectivity index (χ1) is 11.9. The van der Waals surface area contributed by atoms with Gasteiger partial charge in [-0.3, -0.25) is 9.52 Å². The average molecular weight is 378 g/mol. The highest BCUT2D eigenvalue weighted by atomic mass is 32.2. The normalized spacial score (nSPS) is 11.3. The lowest BCUT2D eigenvalue weighted by Gasteiger charge is -2.13. The van der Waals surface area contributed by atoms with Gasteiger partial charge in [0.1, 0.15) is 21.7 Å². The van der Waals surface area contributed by atoms with E-state index in [0.717, 1.165) is 11.7 Å². The van der Waals surface area contributed by atoms with Crippen LogP contribution >= 0.6 is 11.7 Å². The third-order valence-corrected chi connectivity index (χ3v) is 5.24. The summed E-state index contributed by atoms with van der Waals surface area (Å²) in [7, 11) is -2.50. The molecule has 0 atom stereocenters. The van der Waals surface area contributed by atoms with Crippen molar-refractivity contribution in [3.63, 3.8) is 0 Å². The molecule has 0 aliphatic heterocycles. The molecule has 2 aromatic carbocycles. The number of benzene rings is 2. The molecular weight excluding hydrogens is 364 g/mol. The van der Waals surface area contributed by atoms with Gasteiger partial charge in [-0.05, 0) is 30.3 Å². The Morgan fingerprint density at radius 3 is 2.72 bits per heavy atom. The number of nitrogens with one attached hydrogen (secondary N) is 2. The third kappa shape index (κ3) is 3.54. The number of sulfonamides is 1. The first-order valence-corrected chi connectivity index (χ1v) is 9.32. The van der Waals surface area contributed by atoms with Gasteiger partial charge in [-0.1, -0.05) is 6.07 Å². The highest BCUT2D eigenvalue weighted by Gasteiger charge is 2.21. The van der Waals surface area contributed by atoms with Gasteiger partial charge < -0.3 is 10.1 Å². The molecule has 3 aromatic rings. The number of hydrogen-bond acceptors (Lipinski definition) is 7. The SMILES string of the molecule is COc1ccc(NC(C)=O)cc1NS(=O)(=O)c1cccc2nsnc12. The largest absolute Gasteiger partial charge is 0.495 e. The Bertz CT molecular complexity index is 1050. The maximum atomic E-state index is 12.8. The number of amides is 1. The molecule has 1 heterocycles. The zero-order valence-corrected chi connectivity index (χ0v) is 14.9. The van der Waals surface area contributed by atoms with Gasteiger partial charge in [0.25, 0.3) is 10.0 Å². The predicted molar refractivity (Wildman–Crippen MR) is 95.5 cm³/mol. The van der Waals surface area contributed by atoms with Crippen LogP contribution in [-0.2, 0) is 14.8 Å². The predicted octanol–water partition coefficient (Wildman–Crippen LogP) is 2.46. The van der Waals surface area contributed by atoms with Gasteiger partial charge in [0.2, 0.25) is 5.91 Å². The molecule has 8 nitrogen and oxygen atoms in total. The van der Waals surface area contributed by atoms with Crippen molar-refractivity contribution in [1.29, 1.82) is 0 Å². The number of anilines is 2. The Morgan fingerprint density at radius 1 is 1.20 bits per heavy atom. The number of methoxy groups -OCH3 is 1. The standard InChI is InChI=1S/C15H14N4O4S2/c1-9(20)16-10-6-7-13(23-2)12(8-10)19-25(21,22)14-5-3-4-11-15(14)18-24-17-11/h3-8,19H,1-2H3,(H,16,20). The molecule has 0 aliphatic rings. The van der Waals surface area contributed by atoms with Crippen molar-refractivity contribution in [3.8, 4) is 5.75 Å². The second-order valence-corrected chi connectivity index (χ2v) is 7.27. The van der Waals surface area contributed by atoms with E-state index in [1.54, 1.807) is 24.3 Å². The summed E-state index contributed by atoms with van der Waals surface area (Å²) in [5.74, 6) is 0.0542. The van der Waals surface area contributed by atoms with Gasteiger partial charge in [-0.25, -0.2) is 8.42 Å². The van der Waals surface area contributed by atoms with Gasteiger partial charge in [0.15, 0.2) is 0 Å². The second kappa shape index (κ2) is 6.65. The molecule has 0 spiro atoms. The molecule has 0 aliphatic carbocycles. The van der Waals surface area contributed by atoms with Crippen molar-refractivity contribution in [3.05, 3.63) is 36.4 Å². The van der Waals surface area contributed by atoms with E-state index in [1.165, 1.54) is 26.2 Å². The summed E-state index contributed by atoms with van der Waals surface area (Å²) in [6.45, 7) is 1.37. The summed E-state index contributed by atoms with van der Waals surface area (Å²) in [6.07, 6.45) is 0. The number of nitrogens with zero attached hydrogens (tertiary/aromatic N) is 2. The number of rotatable bonds is 5. The monoisotopic (exact) mass is 378 g/mol. The molecule has 0 fully saturated rings. The third-order valence-electron chi connectivity index (χ3n) is 3.30. The maximum absolute atomic E-state index is 12.8. The number of ether oxygens (including phenoxy) is 1. The zero-order valence-electron chi connectivity index (χ0n) is 13.3. The molecule has 130 valence electrons. The van der Waals surface area contributed by atoms with E-state index in [4.69, 9.17) is 4.74 Å². The first kappa shape index (κ1) is 17.1. The summed E-state index contributed by atoms with van der Waals surface area (Å²) in [5, 5.41) is 2.60. The molecule has 3 rings (SSSR count). The topological polar surface area (TPSA) is 110 Å². The molecule has 0 saturated carbocycles. The van der Waals surface area contributed by atoms with Crippen molar-refractivity contribution in [2.75, 3.05) is 17.1 Å². The smallest absolute Gasteiger partial charge is 0.264 e. The summed E-state index contributed by atoms with van der Waals surface area (Å²) in [4.78, 5) is 11.2. The van der Waals surface area contributed by atoms with E-state index in [9.17, 15) is 13.2 Å². The highest BCUT2D eigenvalue weighted by Crippen LogP contribution is 2.31. The maximum Gasteiger partial charge on any atom is 0.264 e. The summed E-state index contributed by atoms with van der Waals surface area (Å²) in [5.41, 5.74) is 1.46. The van der Waals surface area contributed by atoms with Crippen LogP contribution in [0.25, 0.3) is 11.0 Å². The van der Waals surface area contributed by atoms with Gasteiger partial charge in [0.05, 0.1) is 24.5 Å². The molecular formula is C15H14N4O4S2. The number of fused-ring (bicyclic) bond motifs is 1. The Labute approximate surface area is 148 Å². The van der Waals surface area contributed by atoms with Crippen LogP contribution in [0.5, 0.6) is 5.75 Å². The van der Waals surface area contributed by atoms with Crippen LogP contribution in [0.1, 0.15) is 6.92 Å². The minimum absolute atomic E-state index is 0.0192. The van der Waals surface area contributed by atoms with Crippen molar-refractivity contribution in [1.82, 2.24) is 8.75 Å². The minimum Gasteiger partial charge on any atom is -0.495 e. The molecule has 0 bridgehead atoms. The van der Waals surface area contributed by atoms with Crippen LogP contribution in [0.4, 0.5) is 11.4 Å². The number of carbonyl (C=O) groups excluding carboxylic acids is 1. The fraction of sp³-hybridized carbons (Fsp3) is 0.133. The highest BCUT2D eigenvalue weighted by molar-refractivity contribution is 7.93. The quantitative estimate of drug-likeness (QED) is 0.706. The van der Waals surface area contributed by atoms with Crippen LogP contribution in [0.2, 0.25) is 0 Å². The second-order valence-electron chi connectivity index (χ2n) is 5.09. The van der Waals surface area contributed by atoms with E-state index in [2.05, 4.69) is 18.8 Å². The van der Waals surface area contributed by atoms with Crippen LogP contribution in [0.15, 0.2) is 41.3 Å². The molecule has 0 unspecified atom stereocenters. The van der Waals surface area contributed by atoms with E-state index in [1.807, 2.05) is 0 Å². The van der Waals surface area contributed by atoms with Crippen molar-refractivity contribution in [2.45, 2.75) is 11.8 Å². The van der Waals surface area contributed by atoms with Gasteiger partial charge in [-0.2, -0.15) is 8.75 Å². The Morgan fingerprint density at radius 2 is 2.00 bits per heavy atom. The van der Waals surface area contributed by atoms with Gasteiger partial charge in [0, 0.05) is 12.6 Å². The molecule has 0 radical (unpaired) electrons. The van der Waals surface area contributed by atoms with E-state index >= 15 is 0 Å². The summed E-state index contributed by atoms with van der Waals surface area (Å²) < 4.78 is 41.4. The lowest BCUT2D eigenvalue weighted by Crippen LogP contribution is -2.15. The summed E-state index contributed by atoms with van der Waals surface area (Å²) >= 11 is 0.942. The Hall–Kier alpha value is -2.72. The van der Waals surface area contributed by atoms with E-state index in [0.29, 0.717) is 22.5 Å². The number of hydrogen-bond donors (Lipinski definition) is 2. The van der Waals surface area contributed by atoms with Crippen molar-refractivity contribution >= 4 is 50.1 Å². The van der Waals surface area contributed by atoms with Crippen LogP contribution in [0, 0.1) is 0 Å². The Kier molecular flexibility index (Phi) is 4.55. The van der Waals surface area contributed by atoms with Crippen molar-refractivity contribution < 1.29 is 17.9 Å². The van der Waals surface area contributed by atoms with Gasteiger partial charge in [-0.15, -0.1) is 0 Å². The fourth-order valence-electron chi connectivity index (χ4n) is 2.27. The molecule has 10 heteroatoms. The lowest BCUT2D eigenvalue weighted by atomic mass is 10.2. The molecule has 2 N–H and O–H groups in total. The number of aromatic nitrogens is 2. The molecule has 25 heavy (non-hydrogen) atoms. The van der Waals surface area contributed by atoms with E-state index < -0.39 is 10.0 Å². The first-order valence-electron chi connectivity index (χ1n) is 7.10. The van der Waals surface area contributed by atoms with E-state index in [-0.39, 0.29) is 16.5 Å². The number of carbonyl (C=O) groups is 1. The van der Waals surface area contributed by atoms with Crippen LogP contribution < -0.4 is 14.8 Å². The Balaban J connectivity index is 2.03. The lowest BCUT2D eigenvalue weighted by molar-refractivity contribution is -0.114. The van der Waals surface area contributed by atoms with Crippen LogP contribution in [0.3, 0.4) is 0 Å². The van der Waals surface area contributed by atoms with Crippen LogP contribution in [-0.4, -0.2) is 30.2 Å². The fourth-order valence-corrected chi connectivity index (χ4v) is 4.10. The zero-order chi connectivity index (χ0) is 18.0. The van der Waals surface area contributed by atoms with Crippen molar-refractivity contribution in [2.24, 2.45) is 0 Å². The minimum atomic E-state index is -3.93. The van der Waals surface area contributed by atoms with Gasteiger partial charge >= 0.3 is 0 Å². The molecule has 1 aromatic heterocycles.